The second-order valence-electron chi connectivity index (χ2n) is 6.75. The molecule has 2 aliphatic heterocycles. The lowest BCUT2D eigenvalue weighted by Crippen LogP contribution is -2.49. The molecule has 2 fully saturated rings. The molecular weight excluding hydrogens is 278 g/mol. The third-order valence-corrected chi connectivity index (χ3v) is 5.09. The Morgan fingerprint density at radius 1 is 1.00 bits per heavy atom. The molecule has 0 aromatic carbocycles. The van der Waals surface area contributed by atoms with Crippen LogP contribution in [-0.4, -0.2) is 93.1 Å². The Labute approximate surface area is 135 Å². The van der Waals surface area contributed by atoms with Gasteiger partial charge in [0.15, 0.2) is 0 Å². The van der Waals surface area contributed by atoms with Gasteiger partial charge in [0.1, 0.15) is 5.78 Å². The predicted molar refractivity (Wildman–Crippen MR) is 89.2 cm³/mol. The van der Waals surface area contributed by atoms with E-state index < -0.39 is 0 Å². The summed E-state index contributed by atoms with van der Waals surface area (Å²) in [4.78, 5) is 19.0. The molecule has 0 aliphatic carbocycles. The maximum atomic E-state index is 11.5. The van der Waals surface area contributed by atoms with Crippen molar-refractivity contribution in [3.05, 3.63) is 0 Å². The number of piperidine rings is 1. The van der Waals surface area contributed by atoms with Gasteiger partial charge in [0.25, 0.3) is 0 Å². The molecule has 5 heteroatoms. The van der Waals surface area contributed by atoms with Crippen molar-refractivity contribution < 1.29 is 9.53 Å². The molecule has 2 aliphatic rings. The molecule has 2 heterocycles. The lowest BCUT2D eigenvalue weighted by atomic mass is 9.95. The Kier molecular flexibility index (Phi) is 7.80. The Bertz CT molecular complexity index is 322. The Morgan fingerprint density at radius 3 is 2.23 bits per heavy atom. The van der Waals surface area contributed by atoms with Crippen LogP contribution in [0.15, 0.2) is 0 Å². The molecule has 5 nitrogen and oxygen atoms in total. The number of carbonyl (C=O) groups excluding carboxylic acids is 1. The van der Waals surface area contributed by atoms with Gasteiger partial charge in [0.05, 0.1) is 13.2 Å². The molecular formula is C17H33N3O2. The summed E-state index contributed by atoms with van der Waals surface area (Å²) in [5.74, 6) is 1.20. The number of methoxy groups -OCH3 is 1. The molecule has 2 saturated heterocycles. The largest absolute Gasteiger partial charge is 0.383 e. The van der Waals surface area contributed by atoms with Crippen LogP contribution in [0, 0.1) is 5.92 Å². The number of rotatable bonds is 8. The zero-order valence-electron chi connectivity index (χ0n) is 14.4. The fraction of sp³-hybridized carbons (Fsp3) is 0.941. The van der Waals surface area contributed by atoms with Crippen LogP contribution < -0.4 is 0 Å². The first-order valence-electron chi connectivity index (χ1n) is 8.89. The maximum absolute atomic E-state index is 11.5. The first-order valence-corrected chi connectivity index (χ1v) is 8.89. The quantitative estimate of drug-likeness (QED) is 0.667. The van der Waals surface area contributed by atoms with Crippen molar-refractivity contribution in [3.63, 3.8) is 0 Å². The minimum atomic E-state index is 0.380. The van der Waals surface area contributed by atoms with Gasteiger partial charge in [-0.05, 0) is 31.8 Å². The average molecular weight is 311 g/mol. The molecule has 0 saturated carbocycles. The average Bonchev–Trinajstić information content (AvgIpc) is 2.56. The van der Waals surface area contributed by atoms with Crippen LogP contribution in [0.5, 0.6) is 0 Å². The molecule has 0 radical (unpaired) electrons. The molecule has 0 amide bonds. The number of ketones is 1. The van der Waals surface area contributed by atoms with Crippen molar-refractivity contribution in [2.45, 2.75) is 26.2 Å². The number of ether oxygens (including phenoxy) is 1. The van der Waals surface area contributed by atoms with E-state index >= 15 is 0 Å². The lowest BCUT2D eigenvalue weighted by Gasteiger charge is -2.38. The second kappa shape index (κ2) is 9.60. The summed E-state index contributed by atoms with van der Waals surface area (Å²) in [5, 5.41) is 0. The molecule has 2 rings (SSSR count). The number of hydrogen-bond acceptors (Lipinski definition) is 5. The van der Waals surface area contributed by atoms with E-state index in [1.165, 1.54) is 45.6 Å². The van der Waals surface area contributed by atoms with Crippen molar-refractivity contribution in [2.75, 3.05) is 72.6 Å². The van der Waals surface area contributed by atoms with E-state index in [0.717, 1.165) is 32.2 Å². The number of hydrogen-bond donors (Lipinski definition) is 0. The van der Waals surface area contributed by atoms with Gasteiger partial charge in [-0.3, -0.25) is 14.6 Å². The third kappa shape index (κ3) is 5.95. The highest BCUT2D eigenvalue weighted by molar-refractivity contribution is 5.80. The second-order valence-corrected chi connectivity index (χ2v) is 6.75. The van der Waals surface area contributed by atoms with Crippen LogP contribution in [0.4, 0.5) is 0 Å². The van der Waals surface area contributed by atoms with Crippen molar-refractivity contribution in [3.8, 4) is 0 Å². The molecule has 0 aromatic heterocycles. The topological polar surface area (TPSA) is 36.0 Å². The minimum absolute atomic E-state index is 0.380. The van der Waals surface area contributed by atoms with Crippen molar-refractivity contribution in [1.29, 1.82) is 0 Å². The number of likely N-dealkylation sites (tertiary alicyclic amines) is 1. The Balaban J connectivity index is 1.60. The summed E-state index contributed by atoms with van der Waals surface area (Å²) in [6.45, 7) is 12.7. The standard InChI is InChI=1S/C17H33N3O2/c1-3-17(21)15-19-6-4-16(5-7-19)14-20-10-8-18(9-11-20)12-13-22-2/h16H,3-15H2,1-2H3. The molecule has 0 unspecified atom stereocenters. The van der Waals surface area contributed by atoms with Crippen LogP contribution in [0.3, 0.4) is 0 Å². The number of Topliss-reactive ketones (excluding diaryl/α,β-unsaturated/α-hetero) is 1. The van der Waals surface area contributed by atoms with E-state index in [-0.39, 0.29) is 0 Å². The normalized spacial score (nSPS) is 23.0. The van der Waals surface area contributed by atoms with Gasteiger partial charge in [-0.25, -0.2) is 0 Å². The fourth-order valence-corrected chi connectivity index (χ4v) is 3.47. The monoisotopic (exact) mass is 311 g/mol. The van der Waals surface area contributed by atoms with E-state index in [2.05, 4.69) is 14.7 Å². The van der Waals surface area contributed by atoms with Gasteiger partial charge in [0, 0.05) is 52.8 Å². The molecule has 0 bridgehead atoms. The van der Waals surface area contributed by atoms with Crippen molar-refractivity contribution in [1.82, 2.24) is 14.7 Å². The van der Waals surface area contributed by atoms with Gasteiger partial charge in [-0.1, -0.05) is 6.92 Å². The maximum Gasteiger partial charge on any atom is 0.146 e. The highest BCUT2D eigenvalue weighted by atomic mass is 16.5. The van der Waals surface area contributed by atoms with E-state index in [1.807, 2.05) is 6.92 Å². The van der Waals surface area contributed by atoms with Crippen LogP contribution in [-0.2, 0) is 9.53 Å². The van der Waals surface area contributed by atoms with E-state index in [1.54, 1.807) is 7.11 Å². The molecule has 0 N–H and O–H groups in total. The summed E-state index contributed by atoms with van der Waals surface area (Å²) >= 11 is 0. The van der Waals surface area contributed by atoms with Gasteiger partial charge in [0.2, 0.25) is 0 Å². The van der Waals surface area contributed by atoms with E-state index in [0.29, 0.717) is 18.7 Å². The van der Waals surface area contributed by atoms with Crippen LogP contribution in [0.2, 0.25) is 0 Å². The van der Waals surface area contributed by atoms with Crippen LogP contribution in [0.1, 0.15) is 26.2 Å². The summed E-state index contributed by atoms with van der Waals surface area (Å²) in [7, 11) is 1.77. The summed E-state index contributed by atoms with van der Waals surface area (Å²) in [6.07, 6.45) is 3.18. The zero-order valence-corrected chi connectivity index (χ0v) is 14.4. The lowest BCUT2D eigenvalue weighted by molar-refractivity contribution is -0.120. The highest BCUT2D eigenvalue weighted by Crippen LogP contribution is 2.19. The number of nitrogens with zero attached hydrogens (tertiary/aromatic N) is 3. The zero-order chi connectivity index (χ0) is 15.8. The highest BCUT2D eigenvalue weighted by Gasteiger charge is 2.24. The minimum Gasteiger partial charge on any atom is -0.383 e. The van der Waals surface area contributed by atoms with Gasteiger partial charge < -0.3 is 9.64 Å². The van der Waals surface area contributed by atoms with E-state index in [4.69, 9.17) is 4.74 Å². The van der Waals surface area contributed by atoms with Gasteiger partial charge >= 0.3 is 0 Å². The number of carbonyl (C=O) groups is 1. The molecule has 0 aromatic rings. The SMILES string of the molecule is CCC(=O)CN1CCC(CN2CCN(CCOC)CC2)CC1. The first kappa shape index (κ1) is 17.9. The number of piperazine rings is 1. The summed E-state index contributed by atoms with van der Waals surface area (Å²) < 4.78 is 5.15. The van der Waals surface area contributed by atoms with Crippen molar-refractivity contribution in [2.24, 2.45) is 5.92 Å². The van der Waals surface area contributed by atoms with Gasteiger partial charge in [-0.15, -0.1) is 0 Å². The Hall–Kier alpha value is -0.490. The Morgan fingerprint density at radius 2 is 1.64 bits per heavy atom. The van der Waals surface area contributed by atoms with E-state index in [9.17, 15) is 4.79 Å². The molecule has 0 spiro atoms. The van der Waals surface area contributed by atoms with Crippen molar-refractivity contribution >= 4 is 5.78 Å². The molecule has 128 valence electrons. The third-order valence-electron chi connectivity index (χ3n) is 5.09. The fourth-order valence-electron chi connectivity index (χ4n) is 3.47. The summed E-state index contributed by atoms with van der Waals surface area (Å²) in [6, 6.07) is 0. The smallest absolute Gasteiger partial charge is 0.146 e. The molecule has 0 atom stereocenters. The molecule has 22 heavy (non-hydrogen) atoms. The summed E-state index contributed by atoms with van der Waals surface area (Å²) in [5.41, 5.74) is 0. The predicted octanol–water partition coefficient (Wildman–Crippen LogP) is 0.942. The van der Waals surface area contributed by atoms with Crippen LogP contribution >= 0.6 is 0 Å². The first-order chi connectivity index (χ1) is 10.7. The van der Waals surface area contributed by atoms with Gasteiger partial charge in [-0.2, -0.15) is 0 Å². The van der Waals surface area contributed by atoms with Crippen LogP contribution in [0.25, 0.3) is 0 Å².